The van der Waals surface area contributed by atoms with Gasteiger partial charge in [-0.25, -0.2) is 4.98 Å². The Morgan fingerprint density at radius 1 is 1.21 bits per heavy atom. The highest BCUT2D eigenvalue weighted by Crippen LogP contribution is 2.52. The van der Waals surface area contributed by atoms with Crippen molar-refractivity contribution in [3.05, 3.63) is 58.3 Å². The maximum Gasteiger partial charge on any atom is 0.267 e. The van der Waals surface area contributed by atoms with Crippen molar-refractivity contribution in [2.45, 2.75) is 30.0 Å². The molecule has 0 bridgehead atoms. The molecule has 5 rings (SSSR count). The number of rotatable bonds is 3. The van der Waals surface area contributed by atoms with Crippen molar-refractivity contribution in [1.82, 2.24) is 19.7 Å². The maximum absolute atomic E-state index is 12.6. The van der Waals surface area contributed by atoms with E-state index >= 15 is 0 Å². The summed E-state index contributed by atoms with van der Waals surface area (Å²) in [6.45, 7) is 0.675. The molecule has 1 aliphatic carbocycles. The van der Waals surface area contributed by atoms with Crippen molar-refractivity contribution in [3.8, 4) is 11.5 Å². The highest BCUT2D eigenvalue weighted by molar-refractivity contribution is 7.99. The molecule has 2 aliphatic rings. The molecular formula is C17H14N4O2S. The van der Waals surface area contributed by atoms with E-state index in [2.05, 4.69) is 27.3 Å². The van der Waals surface area contributed by atoms with Gasteiger partial charge in [0.05, 0.1) is 5.41 Å². The van der Waals surface area contributed by atoms with Crippen LogP contribution in [-0.4, -0.2) is 25.4 Å². The van der Waals surface area contributed by atoms with Gasteiger partial charge < -0.3 is 4.52 Å². The topological polar surface area (TPSA) is 73.8 Å². The Bertz CT molecular complexity index is 976. The molecular weight excluding hydrogens is 324 g/mol. The van der Waals surface area contributed by atoms with Gasteiger partial charge >= 0.3 is 0 Å². The van der Waals surface area contributed by atoms with Gasteiger partial charge in [0.15, 0.2) is 11.0 Å². The van der Waals surface area contributed by atoms with E-state index in [1.165, 1.54) is 5.56 Å². The minimum absolute atomic E-state index is 0.107. The molecule has 2 aromatic heterocycles. The third-order valence-corrected chi connectivity index (χ3v) is 5.69. The molecule has 1 fully saturated rings. The first-order valence-electron chi connectivity index (χ1n) is 7.91. The van der Waals surface area contributed by atoms with Gasteiger partial charge in [0.25, 0.3) is 11.4 Å². The lowest BCUT2D eigenvalue weighted by atomic mass is 9.95. The van der Waals surface area contributed by atoms with Gasteiger partial charge in [-0.15, -0.1) is 0 Å². The first-order chi connectivity index (χ1) is 11.8. The second-order valence-corrected chi connectivity index (χ2v) is 7.19. The Morgan fingerprint density at radius 2 is 2.04 bits per heavy atom. The molecule has 0 N–H and O–H groups in total. The van der Waals surface area contributed by atoms with Crippen molar-refractivity contribution >= 4 is 11.8 Å². The average molecular weight is 338 g/mol. The minimum atomic E-state index is -0.167. The first kappa shape index (κ1) is 14.0. The van der Waals surface area contributed by atoms with E-state index < -0.39 is 0 Å². The van der Waals surface area contributed by atoms with Crippen LogP contribution < -0.4 is 5.56 Å². The minimum Gasteiger partial charge on any atom is -0.334 e. The lowest BCUT2D eigenvalue weighted by Crippen LogP contribution is -2.21. The summed E-state index contributed by atoms with van der Waals surface area (Å²) in [4.78, 5) is 21.5. The Kier molecular flexibility index (Phi) is 2.94. The Labute approximate surface area is 141 Å². The Balaban J connectivity index is 1.57. The molecule has 0 amide bonds. The van der Waals surface area contributed by atoms with E-state index in [4.69, 9.17) is 4.52 Å². The van der Waals surface area contributed by atoms with Gasteiger partial charge in [0.1, 0.15) is 5.56 Å². The summed E-state index contributed by atoms with van der Waals surface area (Å²) < 4.78 is 7.09. The average Bonchev–Trinajstić information content (AvgIpc) is 3.06. The largest absolute Gasteiger partial charge is 0.334 e. The van der Waals surface area contributed by atoms with Crippen LogP contribution in [0, 0.1) is 0 Å². The molecule has 1 aliphatic heterocycles. The highest BCUT2D eigenvalue weighted by atomic mass is 32.2. The fourth-order valence-electron chi connectivity index (χ4n) is 3.22. The zero-order chi connectivity index (χ0) is 16.1. The summed E-state index contributed by atoms with van der Waals surface area (Å²) in [5, 5.41) is 4.93. The van der Waals surface area contributed by atoms with Gasteiger partial charge in [-0.05, 0) is 18.4 Å². The number of fused-ring (bicyclic) bond motifs is 1. The molecule has 6 nitrogen and oxygen atoms in total. The lowest BCUT2D eigenvalue weighted by molar-refractivity contribution is 0.416. The molecule has 0 radical (unpaired) electrons. The molecule has 0 atom stereocenters. The zero-order valence-corrected chi connectivity index (χ0v) is 13.6. The molecule has 3 heterocycles. The molecule has 24 heavy (non-hydrogen) atoms. The molecule has 0 saturated heterocycles. The SMILES string of the molecule is O=c1c(-c2nc(C3(c4ccccc4)CC3)no2)cnc2n1CCS2. The summed E-state index contributed by atoms with van der Waals surface area (Å²) >= 11 is 1.59. The van der Waals surface area contributed by atoms with Crippen LogP contribution in [0.4, 0.5) is 0 Å². The van der Waals surface area contributed by atoms with Crippen LogP contribution in [0.15, 0.2) is 51.0 Å². The fraction of sp³-hybridized carbons (Fsp3) is 0.294. The van der Waals surface area contributed by atoms with Crippen molar-refractivity contribution in [2.75, 3.05) is 5.75 Å². The van der Waals surface area contributed by atoms with Crippen LogP contribution in [0.2, 0.25) is 0 Å². The summed E-state index contributed by atoms with van der Waals surface area (Å²) in [6, 6.07) is 10.2. The van der Waals surface area contributed by atoms with Gasteiger partial charge in [-0.2, -0.15) is 4.98 Å². The predicted molar refractivity (Wildman–Crippen MR) is 89.0 cm³/mol. The van der Waals surface area contributed by atoms with Crippen LogP contribution in [0.5, 0.6) is 0 Å². The Hall–Kier alpha value is -2.41. The molecule has 1 saturated carbocycles. The van der Waals surface area contributed by atoms with Crippen molar-refractivity contribution < 1.29 is 4.52 Å². The van der Waals surface area contributed by atoms with Crippen LogP contribution in [0.25, 0.3) is 11.5 Å². The number of hydrogen-bond acceptors (Lipinski definition) is 6. The maximum atomic E-state index is 12.6. The van der Waals surface area contributed by atoms with E-state index in [0.29, 0.717) is 17.9 Å². The third-order valence-electron chi connectivity index (χ3n) is 4.72. The molecule has 0 spiro atoms. The van der Waals surface area contributed by atoms with Crippen LogP contribution in [-0.2, 0) is 12.0 Å². The first-order valence-corrected chi connectivity index (χ1v) is 8.89. The van der Waals surface area contributed by atoms with Crippen LogP contribution in [0.1, 0.15) is 24.2 Å². The summed E-state index contributed by atoms with van der Waals surface area (Å²) in [6.07, 6.45) is 3.54. The summed E-state index contributed by atoms with van der Waals surface area (Å²) in [5.74, 6) is 1.79. The highest BCUT2D eigenvalue weighted by Gasteiger charge is 2.50. The van der Waals surface area contributed by atoms with Crippen LogP contribution in [0.3, 0.4) is 0 Å². The van der Waals surface area contributed by atoms with E-state index in [1.807, 2.05) is 18.2 Å². The summed E-state index contributed by atoms with van der Waals surface area (Å²) in [7, 11) is 0. The van der Waals surface area contributed by atoms with Crippen molar-refractivity contribution in [3.63, 3.8) is 0 Å². The quantitative estimate of drug-likeness (QED) is 0.683. The second kappa shape index (κ2) is 5.04. The smallest absolute Gasteiger partial charge is 0.267 e. The van der Waals surface area contributed by atoms with E-state index in [9.17, 15) is 4.79 Å². The summed E-state index contributed by atoms with van der Waals surface area (Å²) in [5.41, 5.74) is 1.30. The number of aromatic nitrogens is 4. The molecule has 0 unspecified atom stereocenters. The normalized spacial score (nSPS) is 17.7. The molecule has 1 aromatic carbocycles. The van der Waals surface area contributed by atoms with Gasteiger partial charge in [-0.1, -0.05) is 47.3 Å². The number of benzene rings is 1. The van der Waals surface area contributed by atoms with Crippen LogP contribution >= 0.6 is 11.8 Å². The van der Waals surface area contributed by atoms with E-state index in [0.717, 1.165) is 23.8 Å². The van der Waals surface area contributed by atoms with Crippen molar-refractivity contribution in [1.29, 1.82) is 0 Å². The molecule has 120 valence electrons. The number of nitrogens with zero attached hydrogens (tertiary/aromatic N) is 4. The molecule has 3 aromatic rings. The molecule has 7 heteroatoms. The standard InChI is InChI=1S/C17H14N4O2S/c22-14-12(10-18-16-21(14)8-9-24-16)13-19-15(20-23-13)17(6-7-17)11-4-2-1-3-5-11/h1-5,10H,6-9H2. The van der Waals surface area contributed by atoms with E-state index in [-0.39, 0.29) is 16.9 Å². The van der Waals surface area contributed by atoms with Gasteiger partial charge in [-0.3, -0.25) is 9.36 Å². The monoisotopic (exact) mass is 338 g/mol. The van der Waals surface area contributed by atoms with Gasteiger partial charge in [0, 0.05) is 18.5 Å². The third kappa shape index (κ3) is 1.97. The number of hydrogen-bond donors (Lipinski definition) is 0. The fourth-order valence-corrected chi connectivity index (χ4v) is 4.13. The van der Waals surface area contributed by atoms with E-state index in [1.54, 1.807) is 22.5 Å². The Morgan fingerprint density at radius 3 is 2.83 bits per heavy atom. The second-order valence-electron chi connectivity index (χ2n) is 6.13. The lowest BCUT2D eigenvalue weighted by Gasteiger charge is -2.10. The van der Waals surface area contributed by atoms with Crippen molar-refractivity contribution in [2.24, 2.45) is 0 Å². The number of thioether (sulfide) groups is 1. The van der Waals surface area contributed by atoms with Gasteiger partial charge in [0.2, 0.25) is 0 Å². The zero-order valence-electron chi connectivity index (χ0n) is 12.8. The predicted octanol–water partition coefficient (Wildman–Crippen LogP) is 2.48.